The standard InChI is InChI=1S/C14H20N2O4S.ClH/c1-20-14(17)12-4-2-3-11(9-12)10-21(18,19)16-7-5-13(15)6-8-16;/h2-4,9,13H,5-8,10,15H2,1H3;1H. The molecule has 0 bridgehead atoms. The smallest absolute Gasteiger partial charge is 0.337 e. The van der Waals surface area contributed by atoms with E-state index >= 15 is 0 Å². The Morgan fingerprint density at radius 1 is 1.36 bits per heavy atom. The first kappa shape index (κ1) is 18.9. The van der Waals surface area contributed by atoms with E-state index in [4.69, 9.17) is 5.73 Å². The molecule has 1 heterocycles. The van der Waals surface area contributed by atoms with Crippen LogP contribution in [0.3, 0.4) is 0 Å². The monoisotopic (exact) mass is 348 g/mol. The Hall–Kier alpha value is -1.15. The van der Waals surface area contributed by atoms with E-state index in [1.807, 2.05) is 0 Å². The number of nitrogens with zero attached hydrogens (tertiary/aromatic N) is 1. The number of sulfonamides is 1. The number of carbonyl (C=O) groups is 1. The molecule has 1 saturated heterocycles. The Morgan fingerprint density at radius 2 is 2.00 bits per heavy atom. The molecule has 0 amide bonds. The summed E-state index contributed by atoms with van der Waals surface area (Å²) in [6.07, 6.45) is 1.36. The van der Waals surface area contributed by atoms with Crippen LogP contribution in [0.4, 0.5) is 0 Å². The van der Waals surface area contributed by atoms with Gasteiger partial charge in [0.05, 0.1) is 18.4 Å². The zero-order valence-electron chi connectivity index (χ0n) is 12.4. The van der Waals surface area contributed by atoms with Crippen molar-refractivity contribution in [3.05, 3.63) is 35.4 Å². The predicted octanol–water partition coefficient (Wildman–Crippen LogP) is 1.15. The summed E-state index contributed by atoms with van der Waals surface area (Å²) in [5.74, 6) is -0.592. The first-order valence-electron chi connectivity index (χ1n) is 6.83. The Kier molecular flexibility index (Phi) is 6.80. The van der Waals surface area contributed by atoms with Gasteiger partial charge in [0.1, 0.15) is 0 Å². The van der Waals surface area contributed by atoms with Crippen molar-refractivity contribution in [2.45, 2.75) is 24.6 Å². The van der Waals surface area contributed by atoms with Gasteiger partial charge in [-0.25, -0.2) is 17.5 Å². The predicted molar refractivity (Wildman–Crippen MR) is 86.4 cm³/mol. The molecule has 0 unspecified atom stereocenters. The van der Waals surface area contributed by atoms with Gasteiger partial charge in [0.2, 0.25) is 10.0 Å². The number of carbonyl (C=O) groups excluding carboxylic acids is 1. The van der Waals surface area contributed by atoms with Crippen molar-refractivity contribution in [2.24, 2.45) is 5.73 Å². The molecule has 0 aliphatic carbocycles. The molecule has 1 aliphatic heterocycles. The molecule has 124 valence electrons. The van der Waals surface area contributed by atoms with Crippen molar-refractivity contribution in [3.8, 4) is 0 Å². The van der Waals surface area contributed by atoms with E-state index < -0.39 is 16.0 Å². The molecule has 2 N–H and O–H groups in total. The van der Waals surface area contributed by atoms with Gasteiger partial charge in [-0.05, 0) is 30.5 Å². The van der Waals surface area contributed by atoms with E-state index in [-0.39, 0.29) is 24.2 Å². The number of piperidine rings is 1. The topological polar surface area (TPSA) is 89.7 Å². The van der Waals surface area contributed by atoms with Crippen molar-refractivity contribution in [1.82, 2.24) is 4.31 Å². The van der Waals surface area contributed by atoms with Crippen molar-refractivity contribution in [1.29, 1.82) is 0 Å². The fourth-order valence-corrected chi connectivity index (χ4v) is 3.91. The molecule has 6 nitrogen and oxygen atoms in total. The first-order valence-corrected chi connectivity index (χ1v) is 8.44. The van der Waals surface area contributed by atoms with Gasteiger partial charge in [0.15, 0.2) is 0 Å². The molecule has 0 spiro atoms. The quantitative estimate of drug-likeness (QED) is 0.824. The lowest BCUT2D eigenvalue weighted by molar-refractivity contribution is 0.0600. The minimum Gasteiger partial charge on any atom is -0.465 e. The molecule has 0 radical (unpaired) electrons. The maximum atomic E-state index is 12.4. The maximum Gasteiger partial charge on any atom is 0.337 e. The Bertz CT molecular complexity index is 613. The van der Waals surface area contributed by atoms with Gasteiger partial charge in [-0.3, -0.25) is 0 Å². The number of hydrogen-bond donors (Lipinski definition) is 1. The highest BCUT2D eigenvalue weighted by atomic mass is 35.5. The van der Waals surface area contributed by atoms with Crippen LogP contribution in [0.5, 0.6) is 0 Å². The van der Waals surface area contributed by atoms with Crippen LogP contribution in [0.15, 0.2) is 24.3 Å². The van der Waals surface area contributed by atoms with E-state index in [0.717, 1.165) is 0 Å². The van der Waals surface area contributed by atoms with Gasteiger partial charge in [-0.15, -0.1) is 12.4 Å². The van der Waals surface area contributed by atoms with Crippen molar-refractivity contribution in [2.75, 3.05) is 20.2 Å². The zero-order valence-corrected chi connectivity index (χ0v) is 14.0. The van der Waals surface area contributed by atoms with Crippen LogP contribution in [-0.4, -0.2) is 44.9 Å². The van der Waals surface area contributed by atoms with Crippen LogP contribution in [0.2, 0.25) is 0 Å². The van der Waals surface area contributed by atoms with E-state index in [2.05, 4.69) is 4.74 Å². The molecule has 2 rings (SSSR count). The van der Waals surface area contributed by atoms with E-state index in [1.165, 1.54) is 11.4 Å². The second-order valence-corrected chi connectivity index (χ2v) is 7.15. The third kappa shape index (κ3) is 4.67. The molecular formula is C14H21ClN2O4S. The summed E-state index contributed by atoms with van der Waals surface area (Å²) in [4.78, 5) is 11.5. The van der Waals surface area contributed by atoms with E-state index in [0.29, 0.717) is 37.1 Å². The first-order chi connectivity index (χ1) is 9.92. The molecule has 1 aromatic rings. The third-order valence-electron chi connectivity index (χ3n) is 3.59. The normalized spacial score (nSPS) is 16.8. The van der Waals surface area contributed by atoms with Crippen molar-refractivity contribution in [3.63, 3.8) is 0 Å². The summed E-state index contributed by atoms with van der Waals surface area (Å²) in [5.41, 5.74) is 6.72. The molecule has 0 aromatic heterocycles. The summed E-state index contributed by atoms with van der Waals surface area (Å²) in [6.45, 7) is 0.917. The van der Waals surface area contributed by atoms with Crippen LogP contribution in [0, 0.1) is 0 Å². The summed E-state index contributed by atoms with van der Waals surface area (Å²) in [6, 6.07) is 6.59. The number of benzene rings is 1. The van der Waals surface area contributed by atoms with E-state index in [9.17, 15) is 13.2 Å². The second kappa shape index (κ2) is 7.92. The highest BCUT2D eigenvalue weighted by Crippen LogP contribution is 2.17. The molecule has 8 heteroatoms. The molecule has 0 atom stereocenters. The van der Waals surface area contributed by atoms with Crippen LogP contribution in [0.25, 0.3) is 0 Å². The molecule has 1 aliphatic rings. The minimum atomic E-state index is -3.38. The minimum absolute atomic E-state index is 0. The zero-order chi connectivity index (χ0) is 15.5. The lowest BCUT2D eigenvalue weighted by Crippen LogP contribution is -2.43. The maximum absolute atomic E-state index is 12.4. The summed E-state index contributed by atoms with van der Waals surface area (Å²) in [5, 5.41) is 0. The van der Waals surface area contributed by atoms with Gasteiger partial charge in [-0.2, -0.15) is 0 Å². The van der Waals surface area contributed by atoms with Crippen LogP contribution in [-0.2, 0) is 20.5 Å². The average Bonchev–Trinajstić information content (AvgIpc) is 2.46. The summed E-state index contributed by atoms with van der Waals surface area (Å²) < 4.78 is 30.9. The van der Waals surface area contributed by atoms with Gasteiger partial charge in [0.25, 0.3) is 0 Å². The molecule has 22 heavy (non-hydrogen) atoms. The SMILES string of the molecule is COC(=O)c1cccc(CS(=O)(=O)N2CCC(N)CC2)c1.Cl. The highest BCUT2D eigenvalue weighted by Gasteiger charge is 2.26. The van der Waals surface area contributed by atoms with Crippen molar-refractivity contribution >= 4 is 28.4 Å². The lowest BCUT2D eigenvalue weighted by atomic mass is 10.1. The van der Waals surface area contributed by atoms with Crippen LogP contribution in [0.1, 0.15) is 28.8 Å². The Morgan fingerprint density at radius 3 is 2.59 bits per heavy atom. The average molecular weight is 349 g/mol. The van der Waals surface area contributed by atoms with Crippen molar-refractivity contribution < 1.29 is 17.9 Å². The van der Waals surface area contributed by atoms with Crippen LogP contribution >= 0.6 is 12.4 Å². The number of esters is 1. The number of halogens is 1. The van der Waals surface area contributed by atoms with Gasteiger partial charge in [0, 0.05) is 19.1 Å². The Balaban J connectivity index is 0.00000242. The summed E-state index contributed by atoms with van der Waals surface area (Å²) in [7, 11) is -2.09. The molecular weight excluding hydrogens is 328 g/mol. The molecule has 1 aromatic carbocycles. The number of methoxy groups -OCH3 is 1. The fraction of sp³-hybridized carbons (Fsp3) is 0.500. The molecule has 1 fully saturated rings. The largest absolute Gasteiger partial charge is 0.465 e. The van der Waals surface area contributed by atoms with E-state index in [1.54, 1.807) is 24.3 Å². The fourth-order valence-electron chi connectivity index (χ4n) is 2.36. The molecule has 0 saturated carbocycles. The Labute approximate surface area is 137 Å². The van der Waals surface area contributed by atoms with Crippen LogP contribution < -0.4 is 5.73 Å². The summed E-state index contributed by atoms with van der Waals surface area (Å²) >= 11 is 0. The highest BCUT2D eigenvalue weighted by molar-refractivity contribution is 7.88. The lowest BCUT2D eigenvalue weighted by Gasteiger charge is -2.29. The number of hydrogen-bond acceptors (Lipinski definition) is 5. The number of nitrogens with two attached hydrogens (primary N) is 1. The van der Waals surface area contributed by atoms with Gasteiger partial charge < -0.3 is 10.5 Å². The third-order valence-corrected chi connectivity index (χ3v) is 5.44. The van der Waals surface area contributed by atoms with Gasteiger partial charge in [-0.1, -0.05) is 12.1 Å². The van der Waals surface area contributed by atoms with Gasteiger partial charge >= 0.3 is 5.97 Å². The number of ether oxygens (including phenoxy) is 1. The second-order valence-electron chi connectivity index (χ2n) is 5.18. The number of rotatable bonds is 4.